The molecule has 23 heavy (non-hydrogen) atoms. The predicted octanol–water partition coefficient (Wildman–Crippen LogP) is 7.09. The van der Waals surface area contributed by atoms with Gasteiger partial charge in [-0.3, -0.25) is 0 Å². The molecule has 2 atom stereocenters. The van der Waals surface area contributed by atoms with Crippen LogP contribution in [0.2, 0.25) is 0 Å². The zero-order valence-electron chi connectivity index (χ0n) is 15.3. The van der Waals surface area contributed by atoms with Crippen LogP contribution in [-0.4, -0.2) is 0 Å². The minimum absolute atomic E-state index is 0.267. The summed E-state index contributed by atoms with van der Waals surface area (Å²) in [7, 11) is 0. The fourth-order valence-corrected chi connectivity index (χ4v) is 3.06. The van der Waals surface area contributed by atoms with Gasteiger partial charge in [0, 0.05) is 5.92 Å². The second-order valence-corrected chi connectivity index (χ2v) is 6.45. The number of hydrogen-bond acceptors (Lipinski definition) is 0. The average molecular weight is 306 g/mol. The van der Waals surface area contributed by atoms with Crippen molar-refractivity contribution in [2.24, 2.45) is 5.92 Å². The third kappa shape index (κ3) is 4.96. The minimum atomic E-state index is 0.267. The van der Waals surface area contributed by atoms with Crippen LogP contribution >= 0.6 is 0 Å². The molecule has 0 N–H and O–H groups in total. The Bertz CT molecular complexity index is 652. The fourth-order valence-electron chi connectivity index (χ4n) is 3.06. The van der Waals surface area contributed by atoms with Crippen LogP contribution in [0.15, 0.2) is 78.9 Å². The van der Waals surface area contributed by atoms with E-state index in [9.17, 15) is 0 Å². The summed E-state index contributed by atoms with van der Waals surface area (Å²) < 4.78 is 0. The first kappa shape index (κ1) is 19.0. The summed E-state index contributed by atoms with van der Waals surface area (Å²) in [5, 5.41) is 0. The molecule has 1 aromatic carbocycles. The second-order valence-electron chi connectivity index (χ2n) is 6.45. The standard InChI is InChI=1S/C23H30/c1-9-20(15-14-16(2)3)19(8)23(18(6)7)22-13-11-10-12-21(22)17(4)5/h9-15,19,23H,2,4,6H2,1,3,5,7-8H3/b15-14-,20-9+. The largest absolute Gasteiger partial charge is 0.0995 e. The molecule has 0 spiro atoms. The maximum Gasteiger partial charge on any atom is 0.0115 e. The Morgan fingerprint density at radius 2 is 1.61 bits per heavy atom. The summed E-state index contributed by atoms with van der Waals surface area (Å²) in [5.41, 5.74) is 7.17. The van der Waals surface area contributed by atoms with Gasteiger partial charge in [-0.25, -0.2) is 0 Å². The van der Waals surface area contributed by atoms with Gasteiger partial charge in [0.15, 0.2) is 0 Å². The smallest absolute Gasteiger partial charge is 0.0115 e. The van der Waals surface area contributed by atoms with E-state index in [1.54, 1.807) is 0 Å². The summed E-state index contributed by atoms with van der Waals surface area (Å²) >= 11 is 0. The van der Waals surface area contributed by atoms with Gasteiger partial charge in [-0.2, -0.15) is 0 Å². The van der Waals surface area contributed by atoms with Crippen LogP contribution in [0.4, 0.5) is 0 Å². The first-order valence-corrected chi connectivity index (χ1v) is 8.19. The molecular formula is C23H30. The van der Waals surface area contributed by atoms with Gasteiger partial charge in [-0.15, -0.1) is 0 Å². The third-order valence-corrected chi connectivity index (χ3v) is 4.21. The third-order valence-electron chi connectivity index (χ3n) is 4.21. The predicted molar refractivity (Wildman–Crippen MR) is 106 cm³/mol. The van der Waals surface area contributed by atoms with Crippen LogP contribution in [0.1, 0.15) is 51.7 Å². The molecule has 0 fully saturated rings. The van der Waals surface area contributed by atoms with Crippen LogP contribution in [0.5, 0.6) is 0 Å². The zero-order valence-corrected chi connectivity index (χ0v) is 15.3. The molecule has 0 aliphatic carbocycles. The van der Waals surface area contributed by atoms with E-state index in [-0.39, 0.29) is 5.92 Å². The normalized spacial score (nSPS) is 14.6. The first-order chi connectivity index (χ1) is 10.8. The molecule has 0 nitrogen and oxygen atoms in total. The van der Waals surface area contributed by atoms with E-state index in [1.165, 1.54) is 22.3 Å². The van der Waals surface area contributed by atoms with Crippen molar-refractivity contribution in [1.29, 1.82) is 0 Å². The van der Waals surface area contributed by atoms with E-state index in [0.717, 1.165) is 11.1 Å². The number of benzene rings is 1. The SMILES string of the molecule is C=C(C)/C=C\C(=C/C)C(C)C(C(=C)C)c1ccccc1C(=C)C. The van der Waals surface area contributed by atoms with Gasteiger partial charge in [0.1, 0.15) is 0 Å². The van der Waals surface area contributed by atoms with E-state index in [0.29, 0.717) is 5.92 Å². The van der Waals surface area contributed by atoms with E-state index in [2.05, 4.69) is 89.9 Å². The molecule has 0 radical (unpaired) electrons. The Balaban J connectivity index is 3.35. The van der Waals surface area contributed by atoms with Crippen LogP contribution in [-0.2, 0) is 0 Å². The molecule has 0 aromatic heterocycles. The number of hydrogen-bond donors (Lipinski definition) is 0. The van der Waals surface area contributed by atoms with Crippen LogP contribution in [0.25, 0.3) is 5.57 Å². The van der Waals surface area contributed by atoms with E-state index in [4.69, 9.17) is 0 Å². The van der Waals surface area contributed by atoms with Gasteiger partial charge in [0.2, 0.25) is 0 Å². The molecule has 0 amide bonds. The summed E-state index contributed by atoms with van der Waals surface area (Å²) in [6.45, 7) is 22.9. The van der Waals surface area contributed by atoms with Gasteiger partial charge >= 0.3 is 0 Å². The van der Waals surface area contributed by atoms with Crippen molar-refractivity contribution in [3.8, 4) is 0 Å². The van der Waals surface area contributed by atoms with Crippen molar-refractivity contribution in [3.05, 3.63) is 90.1 Å². The Hall–Kier alpha value is -2.08. The van der Waals surface area contributed by atoms with Gasteiger partial charge < -0.3 is 0 Å². The van der Waals surface area contributed by atoms with E-state index >= 15 is 0 Å². The first-order valence-electron chi connectivity index (χ1n) is 8.19. The molecule has 0 heterocycles. The number of allylic oxidation sites excluding steroid dienone is 7. The summed E-state index contributed by atoms with van der Waals surface area (Å²) in [6.07, 6.45) is 6.43. The van der Waals surface area contributed by atoms with Gasteiger partial charge in [0.25, 0.3) is 0 Å². The lowest BCUT2D eigenvalue weighted by Gasteiger charge is -2.28. The summed E-state index contributed by atoms with van der Waals surface area (Å²) in [6, 6.07) is 8.53. The topological polar surface area (TPSA) is 0 Å². The molecule has 0 aliphatic rings. The molecule has 2 unspecified atom stereocenters. The zero-order chi connectivity index (χ0) is 17.6. The highest BCUT2D eigenvalue weighted by molar-refractivity contribution is 5.66. The van der Waals surface area contributed by atoms with Gasteiger partial charge in [-0.05, 0) is 50.3 Å². The molecule has 0 saturated heterocycles. The molecular weight excluding hydrogens is 276 g/mol. The van der Waals surface area contributed by atoms with Gasteiger partial charge in [-0.1, -0.05) is 85.9 Å². The summed E-state index contributed by atoms with van der Waals surface area (Å²) in [4.78, 5) is 0. The van der Waals surface area contributed by atoms with Crippen LogP contribution < -0.4 is 0 Å². The molecule has 0 aliphatic heterocycles. The highest BCUT2D eigenvalue weighted by Gasteiger charge is 2.24. The van der Waals surface area contributed by atoms with Crippen molar-refractivity contribution in [3.63, 3.8) is 0 Å². The van der Waals surface area contributed by atoms with Crippen molar-refractivity contribution in [2.75, 3.05) is 0 Å². The Kier molecular flexibility index (Phi) is 7.03. The van der Waals surface area contributed by atoms with E-state index in [1.807, 2.05) is 6.92 Å². The molecule has 122 valence electrons. The second kappa shape index (κ2) is 8.53. The molecule has 0 bridgehead atoms. The minimum Gasteiger partial charge on any atom is -0.0995 e. The van der Waals surface area contributed by atoms with E-state index < -0.39 is 0 Å². The average Bonchev–Trinajstić information content (AvgIpc) is 2.47. The highest BCUT2D eigenvalue weighted by Crippen LogP contribution is 2.38. The lowest BCUT2D eigenvalue weighted by molar-refractivity contribution is 0.592. The van der Waals surface area contributed by atoms with Crippen molar-refractivity contribution in [2.45, 2.75) is 40.5 Å². The molecule has 1 aromatic rings. The van der Waals surface area contributed by atoms with Crippen LogP contribution in [0.3, 0.4) is 0 Å². The maximum atomic E-state index is 4.27. The molecule has 0 heteroatoms. The van der Waals surface area contributed by atoms with Gasteiger partial charge in [0.05, 0.1) is 0 Å². The molecule has 1 rings (SSSR count). The highest BCUT2D eigenvalue weighted by atomic mass is 14.3. The lowest BCUT2D eigenvalue weighted by Crippen LogP contribution is -2.14. The van der Waals surface area contributed by atoms with Crippen LogP contribution in [0, 0.1) is 5.92 Å². The Morgan fingerprint density at radius 1 is 1.00 bits per heavy atom. The fraction of sp³-hybridized carbons (Fsp3) is 0.304. The quantitative estimate of drug-likeness (QED) is 0.372. The summed E-state index contributed by atoms with van der Waals surface area (Å²) in [5.74, 6) is 0.609. The van der Waals surface area contributed by atoms with Crippen molar-refractivity contribution >= 4 is 5.57 Å². The molecule has 0 saturated carbocycles. The monoisotopic (exact) mass is 306 g/mol. The van der Waals surface area contributed by atoms with Crippen molar-refractivity contribution < 1.29 is 0 Å². The number of rotatable bonds is 7. The Labute approximate surface area is 142 Å². The lowest BCUT2D eigenvalue weighted by atomic mass is 9.76. The Morgan fingerprint density at radius 3 is 2.09 bits per heavy atom. The van der Waals surface area contributed by atoms with Crippen molar-refractivity contribution in [1.82, 2.24) is 0 Å². The maximum absolute atomic E-state index is 4.27.